The number of hydrogen-bond donors (Lipinski definition) is 0. The van der Waals surface area contributed by atoms with Crippen molar-refractivity contribution in [2.45, 2.75) is 6.18 Å². The number of halogens is 4. The number of nitriles is 1. The van der Waals surface area contributed by atoms with Gasteiger partial charge in [0.2, 0.25) is 0 Å². The molecule has 1 aromatic carbocycles. The van der Waals surface area contributed by atoms with Crippen LogP contribution < -0.4 is 0 Å². The molecule has 1 aromatic heterocycles. The van der Waals surface area contributed by atoms with Gasteiger partial charge in [-0.25, -0.2) is 4.98 Å². The number of hydrogen-bond acceptors (Lipinski definition) is 2. The molecule has 0 aliphatic heterocycles. The molecule has 0 aliphatic carbocycles. The van der Waals surface area contributed by atoms with Crippen molar-refractivity contribution in [1.82, 2.24) is 4.98 Å². The van der Waals surface area contributed by atoms with E-state index in [1.54, 1.807) is 0 Å². The van der Waals surface area contributed by atoms with Gasteiger partial charge in [0.25, 0.3) is 0 Å². The lowest BCUT2D eigenvalue weighted by Crippen LogP contribution is -2.04. The fraction of sp³-hybridized carbons (Fsp3) is 0.0769. The minimum Gasteiger partial charge on any atom is -0.243 e. The lowest BCUT2D eigenvalue weighted by molar-refractivity contribution is -0.137. The van der Waals surface area contributed by atoms with Crippen molar-refractivity contribution in [2.75, 3.05) is 0 Å². The molecule has 19 heavy (non-hydrogen) atoms. The average molecular weight is 283 g/mol. The van der Waals surface area contributed by atoms with Crippen LogP contribution in [0.1, 0.15) is 11.1 Å². The van der Waals surface area contributed by atoms with Crippen LogP contribution in [0.15, 0.2) is 36.5 Å². The summed E-state index contributed by atoms with van der Waals surface area (Å²) in [6.07, 6.45) is -2.98. The van der Waals surface area contributed by atoms with Gasteiger partial charge in [0, 0.05) is 11.8 Å². The summed E-state index contributed by atoms with van der Waals surface area (Å²) in [6.45, 7) is 0. The first-order valence-corrected chi connectivity index (χ1v) is 5.53. The Labute approximate surface area is 112 Å². The van der Waals surface area contributed by atoms with E-state index in [2.05, 4.69) is 4.98 Å². The quantitative estimate of drug-likeness (QED) is 0.732. The first-order valence-electron chi connectivity index (χ1n) is 5.15. The molecule has 0 radical (unpaired) electrons. The summed E-state index contributed by atoms with van der Waals surface area (Å²) in [7, 11) is 0. The van der Waals surface area contributed by atoms with Crippen molar-refractivity contribution >= 4 is 11.6 Å². The van der Waals surface area contributed by atoms with E-state index in [4.69, 9.17) is 16.9 Å². The molecule has 0 N–H and O–H groups in total. The molecule has 0 saturated carbocycles. The number of alkyl halides is 3. The summed E-state index contributed by atoms with van der Waals surface area (Å²) in [5.41, 5.74) is 0.337. The third-order valence-corrected chi connectivity index (χ3v) is 2.83. The Hall–Kier alpha value is -2.06. The molecule has 2 aromatic rings. The van der Waals surface area contributed by atoms with Gasteiger partial charge in [-0.1, -0.05) is 23.7 Å². The molecule has 2 rings (SSSR count). The third kappa shape index (κ3) is 2.69. The number of nitrogens with zero attached hydrogens (tertiary/aromatic N) is 2. The standard InChI is InChI=1S/C13H6ClF3N2/c14-12-11(7-18)10(5-6-19-12)8-1-3-9(4-2-8)13(15,16)17/h1-6H. The highest BCUT2D eigenvalue weighted by molar-refractivity contribution is 6.30. The van der Waals surface area contributed by atoms with Crippen LogP contribution in [0.4, 0.5) is 13.2 Å². The minimum absolute atomic E-state index is 0.0277. The van der Waals surface area contributed by atoms with Crippen LogP contribution in [0, 0.1) is 11.3 Å². The van der Waals surface area contributed by atoms with Gasteiger partial charge in [-0.15, -0.1) is 0 Å². The van der Waals surface area contributed by atoms with Crippen LogP contribution in [0.2, 0.25) is 5.15 Å². The van der Waals surface area contributed by atoms with Crippen molar-refractivity contribution in [3.8, 4) is 17.2 Å². The highest BCUT2D eigenvalue weighted by Gasteiger charge is 2.30. The maximum atomic E-state index is 12.4. The molecule has 0 aliphatic rings. The van der Waals surface area contributed by atoms with Gasteiger partial charge in [-0.05, 0) is 23.8 Å². The summed E-state index contributed by atoms with van der Waals surface area (Å²) < 4.78 is 37.3. The van der Waals surface area contributed by atoms with Gasteiger partial charge in [0.15, 0.2) is 0 Å². The van der Waals surface area contributed by atoms with Gasteiger partial charge >= 0.3 is 6.18 Å². The molecular weight excluding hydrogens is 277 g/mol. The lowest BCUT2D eigenvalue weighted by Gasteiger charge is -2.09. The lowest BCUT2D eigenvalue weighted by atomic mass is 10.0. The second-order valence-electron chi connectivity index (χ2n) is 3.71. The Morgan fingerprint density at radius 2 is 1.74 bits per heavy atom. The van der Waals surface area contributed by atoms with E-state index in [0.29, 0.717) is 11.1 Å². The Morgan fingerprint density at radius 3 is 2.26 bits per heavy atom. The second kappa shape index (κ2) is 4.90. The first kappa shape index (κ1) is 13.4. The summed E-state index contributed by atoms with van der Waals surface area (Å²) in [4.78, 5) is 3.76. The van der Waals surface area contributed by atoms with E-state index < -0.39 is 11.7 Å². The van der Waals surface area contributed by atoms with E-state index in [0.717, 1.165) is 12.1 Å². The Balaban J connectivity index is 2.50. The van der Waals surface area contributed by atoms with Crippen LogP contribution in [-0.4, -0.2) is 4.98 Å². The first-order chi connectivity index (χ1) is 8.93. The van der Waals surface area contributed by atoms with Crippen LogP contribution in [0.3, 0.4) is 0 Å². The molecule has 0 saturated heterocycles. The van der Waals surface area contributed by atoms with Gasteiger partial charge in [0.1, 0.15) is 11.2 Å². The Bertz CT molecular complexity index is 642. The zero-order chi connectivity index (χ0) is 14.0. The van der Waals surface area contributed by atoms with Crippen molar-refractivity contribution in [2.24, 2.45) is 0 Å². The minimum atomic E-state index is -4.38. The van der Waals surface area contributed by atoms with Crippen molar-refractivity contribution < 1.29 is 13.2 Å². The monoisotopic (exact) mass is 282 g/mol. The van der Waals surface area contributed by atoms with Crippen molar-refractivity contribution in [3.63, 3.8) is 0 Å². The molecule has 0 fully saturated rings. The highest BCUT2D eigenvalue weighted by Crippen LogP contribution is 2.32. The van der Waals surface area contributed by atoms with Gasteiger partial charge in [-0.3, -0.25) is 0 Å². The van der Waals surface area contributed by atoms with Crippen LogP contribution in [-0.2, 0) is 6.18 Å². The number of pyridine rings is 1. The molecular formula is C13H6ClF3N2. The maximum Gasteiger partial charge on any atom is 0.416 e. The topological polar surface area (TPSA) is 36.7 Å². The van der Waals surface area contributed by atoms with E-state index >= 15 is 0 Å². The molecule has 0 amide bonds. The maximum absolute atomic E-state index is 12.4. The fourth-order valence-electron chi connectivity index (χ4n) is 1.62. The second-order valence-corrected chi connectivity index (χ2v) is 4.07. The SMILES string of the molecule is N#Cc1c(-c2ccc(C(F)(F)F)cc2)ccnc1Cl. The number of rotatable bonds is 1. The summed E-state index contributed by atoms with van der Waals surface area (Å²) in [6, 6.07) is 7.95. The molecule has 0 atom stereocenters. The van der Waals surface area contributed by atoms with E-state index in [1.165, 1.54) is 24.4 Å². The van der Waals surface area contributed by atoms with Crippen molar-refractivity contribution in [3.05, 3.63) is 52.8 Å². The Morgan fingerprint density at radius 1 is 1.11 bits per heavy atom. The average Bonchev–Trinajstić information content (AvgIpc) is 2.37. The molecule has 0 bridgehead atoms. The molecule has 0 spiro atoms. The van der Waals surface area contributed by atoms with Crippen LogP contribution in [0.5, 0.6) is 0 Å². The summed E-state index contributed by atoms with van der Waals surface area (Å²) in [5.74, 6) is 0. The number of aromatic nitrogens is 1. The highest BCUT2D eigenvalue weighted by atomic mass is 35.5. The van der Waals surface area contributed by atoms with E-state index in [1.807, 2.05) is 6.07 Å². The molecule has 1 heterocycles. The smallest absolute Gasteiger partial charge is 0.243 e. The zero-order valence-electron chi connectivity index (χ0n) is 9.37. The van der Waals surface area contributed by atoms with Crippen molar-refractivity contribution in [1.29, 1.82) is 5.26 Å². The largest absolute Gasteiger partial charge is 0.416 e. The number of benzene rings is 1. The zero-order valence-corrected chi connectivity index (χ0v) is 10.1. The van der Waals surface area contributed by atoms with Crippen LogP contribution in [0.25, 0.3) is 11.1 Å². The third-order valence-electron chi connectivity index (χ3n) is 2.54. The van der Waals surface area contributed by atoms with Gasteiger partial charge in [-0.2, -0.15) is 18.4 Å². The molecule has 0 unspecified atom stereocenters. The van der Waals surface area contributed by atoms with Crippen LogP contribution >= 0.6 is 11.6 Å². The summed E-state index contributed by atoms with van der Waals surface area (Å²) >= 11 is 5.77. The molecule has 6 heteroatoms. The summed E-state index contributed by atoms with van der Waals surface area (Å²) in [5, 5.41) is 9.02. The molecule has 2 nitrogen and oxygen atoms in total. The Kier molecular flexibility index (Phi) is 3.45. The van der Waals surface area contributed by atoms with Gasteiger partial charge < -0.3 is 0 Å². The predicted octanol–water partition coefficient (Wildman–Crippen LogP) is 4.29. The predicted molar refractivity (Wildman–Crippen MR) is 64.4 cm³/mol. The van der Waals surface area contributed by atoms with Gasteiger partial charge in [0.05, 0.1) is 11.1 Å². The van der Waals surface area contributed by atoms with E-state index in [-0.39, 0.29) is 10.7 Å². The normalized spacial score (nSPS) is 11.1. The molecule has 96 valence electrons. The fourth-order valence-corrected chi connectivity index (χ4v) is 1.82. The van der Waals surface area contributed by atoms with E-state index in [9.17, 15) is 13.2 Å².